The van der Waals surface area contributed by atoms with Crippen LogP contribution in [-0.2, 0) is 14.8 Å². The fraction of sp³-hybridized carbons (Fsp3) is 0.450. The number of benzene rings is 1. The van der Waals surface area contributed by atoms with E-state index in [1.807, 2.05) is 13.0 Å². The van der Waals surface area contributed by atoms with Gasteiger partial charge in [0, 0.05) is 19.0 Å². The summed E-state index contributed by atoms with van der Waals surface area (Å²) in [6.45, 7) is 6.89. The highest BCUT2D eigenvalue weighted by molar-refractivity contribution is 7.91. The van der Waals surface area contributed by atoms with Gasteiger partial charge in [-0.2, -0.15) is 4.31 Å². The maximum atomic E-state index is 12.6. The monoisotopic (exact) mass is 406 g/mol. The number of nitrogens with one attached hydrogen (secondary N) is 1. The molecule has 7 heteroatoms. The standard InChI is InChI=1S/C20H26N2O3S2/c1-14-6-7-18(13-15(14)2)16(3)21-20(23)17-8-10-22(11-9-17)27(24,25)19-5-4-12-26-19/h4-7,12-13,16-17H,8-11H2,1-3H3,(H,21,23)/t16-/m0/s1. The molecular weight excluding hydrogens is 380 g/mol. The van der Waals surface area contributed by atoms with Gasteiger partial charge in [0.2, 0.25) is 5.91 Å². The first-order chi connectivity index (χ1) is 12.8. The molecule has 3 rings (SSSR count). The minimum absolute atomic E-state index is 0.00824. The Morgan fingerprint density at radius 1 is 1.19 bits per heavy atom. The molecule has 1 saturated heterocycles. The molecule has 146 valence electrons. The van der Waals surface area contributed by atoms with Crippen LogP contribution in [0.4, 0.5) is 0 Å². The quantitative estimate of drug-likeness (QED) is 0.824. The Bertz CT molecular complexity index is 899. The maximum absolute atomic E-state index is 12.6. The molecule has 1 aromatic heterocycles. The van der Waals surface area contributed by atoms with E-state index in [-0.39, 0.29) is 17.9 Å². The Morgan fingerprint density at radius 3 is 2.48 bits per heavy atom. The van der Waals surface area contributed by atoms with Gasteiger partial charge in [0.25, 0.3) is 10.0 Å². The molecule has 0 spiro atoms. The van der Waals surface area contributed by atoms with E-state index in [1.54, 1.807) is 17.5 Å². The van der Waals surface area contributed by atoms with Crippen molar-refractivity contribution in [1.82, 2.24) is 9.62 Å². The first-order valence-electron chi connectivity index (χ1n) is 9.20. The van der Waals surface area contributed by atoms with E-state index in [0.29, 0.717) is 30.1 Å². The second-order valence-corrected chi connectivity index (χ2v) is 10.3. The molecule has 1 aliphatic heterocycles. The zero-order chi connectivity index (χ0) is 19.6. The summed E-state index contributed by atoms with van der Waals surface area (Å²) < 4.78 is 27.0. The Labute approximate surface area is 165 Å². The zero-order valence-corrected chi connectivity index (χ0v) is 17.6. The van der Waals surface area contributed by atoms with Gasteiger partial charge in [0.05, 0.1) is 6.04 Å². The molecule has 0 unspecified atom stereocenters. The van der Waals surface area contributed by atoms with Crippen LogP contribution < -0.4 is 5.32 Å². The third-order valence-corrected chi connectivity index (χ3v) is 8.58. The van der Waals surface area contributed by atoms with Crippen molar-refractivity contribution < 1.29 is 13.2 Å². The average Bonchev–Trinajstić information content (AvgIpc) is 3.19. The third-order valence-electron chi connectivity index (χ3n) is 5.30. The number of carbonyl (C=O) groups excluding carboxylic acids is 1. The molecule has 1 fully saturated rings. The molecule has 2 aromatic rings. The Kier molecular flexibility index (Phi) is 6.03. The molecule has 0 saturated carbocycles. The molecule has 27 heavy (non-hydrogen) atoms. The number of carbonyl (C=O) groups is 1. The molecular formula is C20H26N2O3S2. The third kappa shape index (κ3) is 4.42. The first kappa shape index (κ1) is 20.0. The van der Waals surface area contributed by atoms with E-state index in [0.717, 1.165) is 5.56 Å². The van der Waals surface area contributed by atoms with E-state index in [1.165, 1.54) is 26.8 Å². The smallest absolute Gasteiger partial charge is 0.252 e. The van der Waals surface area contributed by atoms with Crippen LogP contribution in [0.2, 0.25) is 0 Å². The molecule has 1 amide bonds. The minimum atomic E-state index is -3.42. The number of thiophene rings is 1. The topological polar surface area (TPSA) is 66.5 Å². The van der Waals surface area contributed by atoms with Crippen LogP contribution in [-0.4, -0.2) is 31.7 Å². The number of sulfonamides is 1. The van der Waals surface area contributed by atoms with Crippen LogP contribution >= 0.6 is 11.3 Å². The van der Waals surface area contributed by atoms with Gasteiger partial charge in [-0.1, -0.05) is 24.3 Å². The predicted octanol–water partition coefficient (Wildman–Crippen LogP) is 3.64. The van der Waals surface area contributed by atoms with Gasteiger partial charge in [-0.25, -0.2) is 8.42 Å². The van der Waals surface area contributed by atoms with Crippen molar-refractivity contribution in [2.24, 2.45) is 5.92 Å². The molecule has 0 aliphatic carbocycles. The summed E-state index contributed by atoms with van der Waals surface area (Å²) in [6.07, 6.45) is 1.10. The van der Waals surface area contributed by atoms with Gasteiger partial charge >= 0.3 is 0 Å². The van der Waals surface area contributed by atoms with Crippen molar-refractivity contribution in [2.75, 3.05) is 13.1 Å². The fourth-order valence-electron chi connectivity index (χ4n) is 3.34. The van der Waals surface area contributed by atoms with E-state index >= 15 is 0 Å². The van der Waals surface area contributed by atoms with Crippen LogP contribution in [0, 0.1) is 19.8 Å². The lowest BCUT2D eigenvalue weighted by molar-refractivity contribution is -0.126. The summed E-state index contributed by atoms with van der Waals surface area (Å²) in [6, 6.07) is 9.53. The zero-order valence-electron chi connectivity index (χ0n) is 15.9. The number of rotatable bonds is 5. The molecule has 5 nitrogen and oxygen atoms in total. The van der Waals surface area contributed by atoms with Gasteiger partial charge in [0.15, 0.2) is 0 Å². The summed E-state index contributed by atoms with van der Waals surface area (Å²) >= 11 is 1.23. The van der Waals surface area contributed by atoms with Crippen molar-refractivity contribution in [3.05, 3.63) is 52.4 Å². The second kappa shape index (κ2) is 8.12. The number of piperidine rings is 1. The molecule has 1 atom stereocenters. The van der Waals surface area contributed by atoms with E-state index in [4.69, 9.17) is 0 Å². The second-order valence-electron chi connectivity index (χ2n) is 7.18. The van der Waals surface area contributed by atoms with Crippen molar-refractivity contribution in [2.45, 2.75) is 43.9 Å². The van der Waals surface area contributed by atoms with Gasteiger partial charge in [-0.15, -0.1) is 11.3 Å². The fourth-order valence-corrected chi connectivity index (χ4v) is 5.96. The van der Waals surface area contributed by atoms with Crippen LogP contribution in [0.5, 0.6) is 0 Å². The Hall–Kier alpha value is -1.70. The number of hydrogen-bond donors (Lipinski definition) is 1. The number of aryl methyl sites for hydroxylation is 2. The van der Waals surface area contributed by atoms with E-state index in [9.17, 15) is 13.2 Å². The molecule has 1 aromatic carbocycles. The highest BCUT2D eigenvalue weighted by atomic mass is 32.2. The molecule has 0 bridgehead atoms. The van der Waals surface area contributed by atoms with Crippen molar-refractivity contribution in [3.63, 3.8) is 0 Å². The summed E-state index contributed by atoms with van der Waals surface area (Å²) in [4.78, 5) is 12.6. The predicted molar refractivity (Wildman–Crippen MR) is 108 cm³/mol. The average molecular weight is 407 g/mol. The molecule has 2 heterocycles. The van der Waals surface area contributed by atoms with Crippen molar-refractivity contribution >= 4 is 27.3 Å². The van der Waals surface area contributed by atoms with Crippen molar-refractivity contribution in [3.8, 4) is 0 Å². The van der Waals surface area contributed by atoms with Gasteiger partial charge < -0.3 is 5.32 Å². The minimum Gasteiger partial charge on any atom is -0.349 e. The Morgan fingerprint density at radius 2 is 1.89 bits per heavy atom. The SMILES string of the molecule is Cc1ccc([C@H](C)NC(=O)C2CCN(S(=O)(=O)c3cccs3)CC2)cc1C. The number of amides is 1. The van der Waals surface area contributed by atoms with Crippen LogP contribution in [0.3, 0.4) is 0 Å². The van der Waals surface area contributed by atoms with Crippen LogP contribution in [0.15, 0.2) is 39.9 Å². The summed E-state index contributed by atoms with van der Waals surface area (Å²) in [7, 11) is -3.42. The van der Waals surface area contributed by atoms with E-state index < -0.39 is 10.0 Å². The maximum Gasteiger partial charge on any atom is 0.252 e. The van der Waals surface area contributed by atoms with Crippen LogP contribution in [0.25, 0.3) is 0 Å². The lowest BCUT2D eigenvalue weighted by atomic mass is 9.96. The van der Waals surface area contributed by atoms with Gasteiger partial charge in [-0.3, -0.25) is 4.79 Å². The van der Waals surface area contributed by atoms with Crippen molar-refractivity contribution in [1.29, 1.82) is 0 Å². The van der Waals surface area contributed by atoms with Crippen LogP contribution in [0.1, 0.15) is 42.5 Å². The van der Waals surface area contributed by atoms with Gasteiger partial charge in [0.1, 0.15) is 4.21 Å². The summed E-state index contributed by atoms with van der Waals surface area (Å²) in [5.41, 5.74) is 3.53. The normalized spacial score (nSPS) is 17.6. The van der Waals surface area contributed by atoms with Gasteiger partial charge in [-0.05, 0) is 61.7 Å². The molecule has 0 radical (unpaired) electrons. The number of hydrogen-bond acceptors (Lipinski definition) is 4. The lowest BCUT2D eigenvalue weighted by Gasteiger charge is -2.30. The molecule has 1 N–H and O–H groups in total. The summed E-state index contributed by atoms with van der Waals surface area (Å²) in [5, 5.41) is 4.85. The first-order valence-corrected chi connectivity index (χ1v) is 11.5. The Balaban J connectivity index is 1.57. The highest BCUT2D eigenvalue weighted by Gasteiger charge is 2.32. The highest BCUT2D eigenvalue weighted by Crippen LogP contribution is 2.27. The van der Waals surface area contributed by atoms with E-state index in [2.05, 4.69) is 31.3 Å². The largest absolute Gasteiger partial charge is 0.349 e. The molecule has 1 aliphatic rings. The number of nitrogens with zero attached hydrogens (tertiary/aromatic N) is 1. The summed E-state index contributed by atoms with van der Waals surface area (Å²) in [5.74, 6) is -0.136. The lowest BCUT2D eigenvalue weighted by Crippen LogP contribution is -2.43.